The molecule has 58 valence electrons. The number of carboxylic acid groups (broad SMARTS) is 1. The van der Waals surface area contributed by atoms with Crippen LogP contribution >= 0.6 is 12.0 Å². The predicted molar refractivity (Wildman–Crippen MR) is 38.1 cm³/mol. The van der Waals surface area contributed by atoms with Crippen LogP contribution in [0.15, 0.2) is 0 Å². The van der Waals surface area contributed by atoms with Crippen LogP contribution in [0.4, 0.5) is 0 Å². The lowest BCUT2D eigenvalue weighted by molar-refractivity contribution is -0.139. The minimum absolute atomic E-state index is 0.0427. The molecular weight excluding hydrogens is 154 g/mol. The summed E-state index contributed by atoms with van der Waals surface area (Å²) in [6.07, 6.45) is 0.510. The van der Waals surface area contributed by atoms with Crippen molar-refractivity contribution in [2.24, 2.45) is 0 Å². The standard InChI is InChI=1S/C5H9NO3S/c7-5(8)4-1-3(10-9)2-6-4/h3-4,6,9H,1-2H2,(H,7,8)/t3?,4-/m0/s1. The molecule has 1 unspecified atom stereocenters. The maximum absolute atomic E-state index is 10.3. The van der Waals surface area contributed by atoms with Crippen LogP contribution < -0.4 is 5.32 Å². The molecule has 0 aromatic rings. The third kappa shape index (κ3) is 1.62. The highest BCUT2D eigenvalue weighted by atomic mass is 32.2. The molecule has 1 aliphatic heterocycles. The van der Waals surface area contributed by atoms with Crippen molar-refractivity contribution in [2.75, 3.05) is 6.54 Å². The van der Waals surface area contributed by atoms with E-state index in [1.165, 1.54) is 0 Å². The molecule has 0 spiro atoms. The lowest BCUT2D eigenvalue weighted by Gasteiger charge is -2.00. The van der Waals surface area contributed by atoms with Gasteiger partial charge in [0.15, 0.2) is 0 Å². The van der Waals surface area contributed by atoms with E-state index in [4.69, 9.17) is 9.66 Å². The van der Waals surface area contributed by atoms with Gasteiger partial charge in [-0.3, -0.25) is 4.79 Å². The highest BCUT2D eigenvalue weighted by molar-refractivity contribution is 7.94. The van der Waals surface area contributed by atoms with Gasteiger partial charge in [0.2, 0.25) is 0 Å². The van der Waals surface area contributed by atoms with E-state index >= 15 is 0 Å². The zero-order valence-electron chi connectivity index (χ0n) is 5.28. The molecule has 5 heteroatoms. The maximum Gasteiger partial charge on any atom is 0.320 e. The van der Waals surface area contributed by atoms with Crippen LogP contribution in [-0.2, 0) is 4.79 Å². The van der Waals surface area contributed by atoms with Crippen LogP contribution in [0.3, 0.4) is 0 Å². The van der Waals surface area contributed by atoms with Gasteiger partial charge in [-0.2, -0.15) is 0 Å². The SMILES string of the molecule is O=C(O)[C@@H]1CC(SO)CN1. The highest BCUT2D eigenvalue weighted by Gasteiger charge is 2.28. The second-order valence-electron chi connectivity index (χ2n) is 2.26. The first kappa shape index (κ1) is 7.84. The fourth-order valence-corrected chi connectivity index (χ4v) is 1.42. The Balaban J connectivity index is 2.35. The average molecular weight is 163 g/mol. The van der Waals surface area contributed by atoms with E-state index < -0.39 is 12.0 Å². The highest BCUT2D eigenvalue weighted by Crippen LogP contribution is 2.17. The van der Waals surface area contributed by atoms with Crippen molar-refractivity contribution in [3.63, 3.8) is 0 Å². The van der Waals surface area contributed by atoms with Gasteiger partial charge in [0.25, 0.3) is 0 Å². The Morgan fingerprint density at radius 2 is 2.40 bits per heavy atom. The Hall–Kier alpha value is -0.260. The van der Waals surface area contributed by atoms with Crippen LogP contribution in [0.25, 0.3) is 0 Å². The van der Waals surface area contributed by atoms with E-state index in [0.717, 1.165) is 12.0 Å². The number of aliphatic carboxylic acids is 1. The van der Waals surface area contributed by atoms with Gasteiger partial charge in [0, 0.05) is 11.8 Å². The smallest absolute Gasteiger partial charge is 0.320 e. The second-order valence-corrected chi connectivity index (χ2v) is 3.14. The topological polar surface area (TPSA) is 69.6 Å². The Bertz CT molecular complexity index is 141. The molecule has 0 saturated carbocycles. The molecule has 0 bridgehead atoms. The molecule has 1 fully saturated rings. The summed E-state index contributed by atoms with van der Waals surface area (Å²) in [6.45, 7) is 0.581. The van der Waals surface area contributed by atoms with E-state index in [9.17, 15) is 4.79 Å². The number of nitrogens with one attached hydrogen (secondary N) is 1. The zero-order valence-corrected chi connectivity index (χ0v) is 6.10. The largest absolute Gasteiger partial charge is 0.480 e. The molecular formula is C5H9NO3S. The van der Waals surface area contributed by atoms with Crippen LogP contribution in [0.5, 0.6) is 0 Å². The predicted octanol–water partition coefficient (Wildman–Crippen LogP) is 0.00770. The van der Waals surface area contributed by atoms with Gasteiger partial charge >= 0.3 is 5.97 Å². The van der Waals surface area contributed by atoms with Crippen LogP contribution in [0.2, 0.25) is 0 Å². The van der Waals surface area contributed by atoms with E-state index in [1.54, 1.807) is 0 Å². The van der Waals surface area contributed by atoms with E-state index in [1.807, 2.05) is 0 Å². The maximum atomic E-state index is 10.3. The fraction of sp³-hybridized carbons (Fsp3) is 0.800. The number of carbonyl (C=O) groups is 1. The summed E-state index contributed by atoms with van der Waals surface area (Å²) in [4.78, 5) is 10.3. The van der Waals surface area contributed by atoms with Gasteiger partial charge in [-0.1, -0.05) is 0 Å². The summed E-state index contributed by atoms with van der Waals surface area (Å²) < 4.78 is 8.55. The molecule has 0 aromatic heterocycles. The minimum atomic E-state index is -0.837. The Kier molecular flexibility index (Phi) is 2.53. The summed E-state index contributed by atoms with van der Waals surface area (Å²) in [5, 5.41) is 11.3. The summed E-state index contributed by atoms with van der Waals surface area (Å²) in [5.74, 6) is -0.837. The summed E-state index contributed by atoms with van der Waals surface area (Å²) in [5.41, 5.74) is 0. The van der Waals surface area contributed by atoms with E-state index in [2.05, 4.69) is 5.32 Å². The van der Waals surface area contributed by atoms with Crippen molar-refractivity contribution in [3.05, 3.63) is 0 Å². The lowest BCUT2D eigenvalue weighted by atomic mass is 10.2. The Morgan fingerprint density at radius 1 is 1.70 bits per heavy atom. The normalized spacial score (nSPS) is 32.5. The summed E-state index contributed by atoms with van der Waals surface area (Å²) in [6, 6.07) is -0.468. The van der Waals surface area contributed by atoms with Gasteiger partial charge < -0.3 is 15.0 Å². The first-order valence-corrected chi connectivity index (χ1v) is 3.84. The van der Waals surface area contributed by atoms with Crippen molar-refractivity contribution in [3.8, 4) is 0 Å². The van der Waals surface area contributed by atoms with Crippen LogP contribution in [0.1, 0.15) is 6.42 Å². The molecule has 1 heterocycles. The molecule has 2 atom stereocenters. The molecule has 0 aromatic carbocycles. The van der Waals surface area contributed by atoms with Gasteiger partial charge in [0.05, 0.1) is 0 Å². The quantitative estimate of drug-likeness (QED) is 0.500. The third-order valence-corrected chi connectivity index (χ3v) is 2.19. The molecule has 3 N–H and O–H groups in total. The van der Waals surface area contributed by atoms with Gasteiger partial charge in [0.1, 0.15) is 6.04 Å². The molecule has 1 aliphatic rings. The number of carboxylic acids is 1. The van der Waals surface area contributed by atoms with Gasteiger partial charge in [-0.25, -0.2) is 0 Å². The number of rotatable bonds is 2. The lowest BCUT2D eigenvalue weighted by Crippen LogP contribution is -2.29. The van der Waals surface area contributed by atoms with E-state index in [-0.39, 0.29) is 5.25 Å². The number of hydrogen-bond acceptors (Lipinski definition) is 4. The molecule has 4 nitrogen and oxygen atoms in total. The minimum Gasteiger partial charge on any atom is -0.480 e. The van der Waals surface area contributed by atoms with Crippen LogP contribution in [0, 0.1) is 0 Å². The van der Waals surface area contributed by atoms with Crippen molar-refractivity contribution in [1.82, 2.24) is 5.32 Å². The Labute approximate surface area is 62.8 Å². The van der Waals surface area contributed by atoms with Gasteiger partial charge in [-0.05, 0) is 18.5 Å². The Morgan fingerprint density at radius 3 is 2.70 bits per heavy atom. The molecule has 0 aliphatic carbocycles. The zero-order chi connectivity index (χ0) is 7.56. The third-order valence-electron chi connectivity index (χ3n) is 1.54. The molecule has 10 heavy (non-hydrogen) atoms. The molecule has 0 radical (unpaired) electrons. The molecule has 0 amide bonds. The van der Waals surface area contributed by atoms with Crippen LogP contribution in [-0.4, -0.2) is 33.5 Å². The van der Waals surface area contributed by atoms with Crippen molar-refractivity contribution in [2.45, 2.75) is 17.7 Å². The summed E-state index contributed by atoms with van der Waals surface area (Å²) in [7, 11) is 0. The van der Waals surface area contributed by atoms with Crippen molar-refractivity contribution < 1.29 is 14.5 Å². The second kappa shape index (κ2) is 3.23. The first-order valence-electron chi connectivity index (χ1n) is 3.00. The monoisotopic (exact) mass is 163 g/mol. The molecule has 1 rings (SSSR count). The number of hydrogen-bond donors (Lipinski definition) is 3. The van der Waals surface area contributed by atoms with Gasteiger partial charge in [-0.15, -0.1) is 0 Å². The van der Waals surface area contributed by atoms with E-state index in [0.29, 0.717) is 13.0 Å². The fourth-order valence-electron chi connectivity index (χ4n) is 0.972. The average Bonchev–Trinajstić information content (AvgIpc) is 2.34. The van der Waals surface area contributed by atoms with Crippen molar-refractivity contribution >= 4 is 18.0 Å². The van der Waals surface area contributed by atoms with Crippen molar-refractivity contribution in [1.29, 1.82) is 0 Å². The summed E-state index contributed by atoms with van der Waals surface area (Å²) >= 11 is 0.728. The molecule has 1 saturated heterocycles. The first-order chi connectivity index (χ1) is 4.74.